The topological polar surface area (TPSA) is 121 Å². The Hall–Kier alpha value is -2.69. The second-order valence-corrected chi connectivity index (χ2v) is 4.83. The standard InChI is InChI=1S/C13H17N5O3/c1-9(2)7-16-12(19)3-4-15-13-10(6-14)5-11(8-17-13)18(20)21/h5,8-9H,3-4,7H2,1-2H3,(H,15,17)(H,16,19). The third-order valence-corrected chi connectivity index (χ3v) is 2.56. The van der Waals surface area contributed by atoms with Gasteiger partial charge in [-0.25, -0.2) is 4.98 Å². The quantitative estimate of drug-likeness (QED) is 0.579. The highest BCUT2D eigenvalue weighted by molar-refractivity contribution is 5.76. The molecule has 0 aliphatic carbocycles. The summed E-state index contributed by atoms with van der Waals surface area (Å²) in [5, 5.41) is 25.1. The minimum absolute atomic E-state index is 0.0757. The smallest absolute Gasteiger partial charge is 0.289 e. The molecule has 1 amide bonds. The number of hydrogen-bond acceptors (Lipinski definition) is 6. The molecule has 0 bridgehead atoms. The zero-order valence-corrected chi connectivity index (χ0v) is 11.9. The van der Waals surface area contributed by atoms with Crippen LogP contribution in [0.25, 0.3) is 0 Å². The minimum atomic E-state index is -0.614. The Labute approximate surface area is 122 Å². The first-order valence-electron chi connectivity index (χ1n) is 6.49. The summed E-state index contributed by atoms with van der Waals surface area (Å²) in [4.78, 5) is 25.3. The molecule has 8 heteroatoms. The number of nitro groups is 1. The van der Waals surface area contributed by atoms with Crippen LogP contribution in [0.4, 0.5) is 11.5 Å². The van der Waals surface area contributed by atoms with Gasteiger partial charge in [0.2, 0.25) is 5.91 Å². The molecule has 1 rings (SSSR count). The average Bonchev–Trinajstić information content (AvgIpc) is 2.45. The van der Waals surface area contributed by atoms with Gasteiger partial charge in [-0.1, -0.05) is 13.8 Å². The van der Waals surface area contributed by atoms with Crippen molar-refractivity contribution < 1.29 is 9.72 Å². The fourth-order valence-corrected chi connectivity index (χ4v) is 1.48. The largest absolute Gasteiger partial charge is 0.368 e. The maximum atomic E-state index is 11.5. The van der Waals surface area contributed by atoms with Crippen LogP contribution in [0.15, 0.2) is 12.3 Å². The number of pyridine rings is 1. The van der Waals surface area contributed by atoms with Gasteiger partial charge in [0.15, 0.2) is 0 Å². The molecule has 0 aliphatic heterocycles. The summed E-state index contributed by atoms with van der Waals surface area (Å²) in [6.45, 7) is 4.90. The van der Waals surface area contributed by atoms with Crippen molar-refractivity contribution in [3.63, 3.8) is 0 Å². The number of rotatable bonds is 7. The first-order valence-corrected chi connectivity index (χ1v) is 6.49. The van der Waals surface area contributed by atoms with Crippen molar-refractivity contribution in [1.82, 2.24) is 10.3 Å². The molecule has 1 heterocycles. The molecule has 0 spiro atoms. The highest BCUT2D eigenvalue weighted by atomic mass is 16.6. The van der Waals surface area contributed by atoms with Crippen LogP contribution in [0.2, 0.25) is 0 Å². The van der Waals surface area contributed by atoms with Gasteiger partial charge >= 0.3 is 0 Å². The molecular formula is C13H17N5O3. The lowest BCUT2D eigenvalue weighted by Crippen LogP contribution is -2.28. The molecule has 0 radical (unpaired) electrons. The van der Waals surface area contributed by atoms with Crippen molar-refractivity contribution in [1.29, 1.82) is 5.26 Å². The summed E-state index contributed by atoms with van der Waals surface area (Å²) >= 11 is 0. The lowest BCUT2D eigenvalue weighted by Gasteiger charge is -2.09. The van der Waals surface area contributed by atoms with Crippen molar-refractivity contribution >= 4 is 17.4 Å². The maximum absolute atomic E-state index is 11.5. The van der Waals surface area contributed by atoms with Crippen molar-refractivity contribution in [3.05, 3.63) is 27.9 Å². The number of aromatic nitrogens is 1. The molecule has 0 aliphatic rings. The third kappa shape index (κ3) is 5.44. The van der Waals surface area contributed by atoms with E-state index in [2.05, 4.69) is 15.6 Å². The molecule has 0 unspecified atom stereocenters. The lowest BCUT2D eigenvalue weighted by molar-refractivity contribution is -0.385. The zero-order valence-electron chi connectivity index (χ0n) is 11.9. The van der Waals surface area contributed by atoms with Gasteiger partial charge in [-0.05, 0) is 5.92 Å². The fourth-order valence-electron chi connectivity index (χ4n) is 1.48. The monoisotopic (exact) mass is 291 g/mol. The Bertz CT molecular complexity index is 565. The number of carbonyl (C=O) groups is 1. The van der Waals surface area contributed by atoms with Gasteiger partial charge in [0.1, 0.15) is 23.6 Å². The molecule has 112 valence electrons. The number of amides is 1. The summed E-state index contributed by atoms with van der Waals surface area (Å²) in [7, 11) is 0. The minimum Gasteiger partial charge on any atom is -0.368 e. The molecule has 21 heavy (non-hydrogen) atoms. The Balaban J connectivity index is 2.54. The SMILES string of the molecule is CC(C)CNC(=O)CCNc1ncc([N+](=O)[O-])cc1C#N. The van der Waals surface area contributed by atoms with Crippen molar-refractivity contribution in [3.8, 4) is 6.07 Å². The van der Waals surface area contributed by atoms with E-state index in [-0.39, 0.29) is 29.4 Å². The van der Waals surface area contributed by atoms with Crippen LogP contribution in [0.5, 0.6) is 0 Å². The lowest BCUT2D eigenvalue weighted by atomic mass is 10.2. The van der Waals surface area contributed by atoms with E-state index in [0.29, 0.717) is 19.0 Å². The van der Waals surface area contributed by atoms with Gasteiger partial charge < -0.3 is 10.6 Å². The summed E-state index contributed by atoms with van der Waals surface area (Å²) in [5.41, 5.74) is -0.168. The molecule has 0 saturated heterocycles. The van der Waals surface area contributed by atoms with Crippen LogP contribution in [-0.2, 0) is 4.79 Å². The number of nitrogens with one attached hydrogen (secondary N) is 2. The van der Waals surface area contributed by atoms with E-state index >= 15 is 0 Å². The normalized spacial score (nSPS) is 10.0. The summed E-state index contributed by atoms with van der Waals surface area (Å²) in [6.07, 6.45) is 1.30. The predicted molar refractivity (Wildman–Crippen MR) is 76.6 cm³/mol. The van der Waals surface area contributed by atoms with E-state index in [0.717, 1.165) is 12.3 Å². The van der Waals surface area contributed by atoms with Crippen molar-refractivity contribution in [2.24, 2.45) is 5.92 Å². The summed E-state index contributed by atoms with van der Waals surface area (Å²) < 4.78 is 0. The summed E-state index contributed by atoms with van der Waals surface area (Å²) in [5.74, 6) is 0.514. The molecule has 2 N–H and O–H groups in total. The first-order chi connectivity index (χ1) is 9.93. The van der Waals surface area contributed by atoms with Crippen LogP contribution >= 0.6 is 0 Å². The van der Waals surface area contributed by atoms with Gasteiger partial charge in [0.05, 0.1) is 4.92 Å². The zero-order chi connectivity index (χ0) is 15.8. The number of nitrogens with zero attached hydrogens (tertiary/aromatic N) is 3. The number of carbonyl (C=O) groups excluding carboxylic acids is 1. The molecule has 0 saturated carbocycles. The number of anilines is 1. The third-order valence-electron chi connectivity index (χ3n) is 2.56. The van der Waals surface area contributed by atoms with Crippen LogP contribution in [0.3, 0.4) is 0 Å². The van der Waals surface area contributed by atoms with E-state index in [1.165, 1.54) is 0 Å². The number of hydrogen-bond donors (Lipinski definition) is 2. The molecule has 8 nitrogen and oxygen atoms in total. The van der Waals surface area contributed by atoms with Crippen LogP contribution in [-0.4, -0.2) is 28.9 Å². The molecule has 0 fully saturated rings. The highest BCUT2D eigenvalue weighted by Crippen LogP contribution is 2.17. The molecular weight excluding hydrogens is 274 g/mol. The van der Waals surface area contributed by atoms with Crippen LogP contribution < -0.4 is 10.6 Å². The molecule has 1 aromatic rings. The van der Waals surface area contributed by atoms with Gasteiger partial charge in [0.25, 0.3) is 5.69 Å². The van der Waals surface area contributed by atoms with Crippen LogP contribution in [0, 0.1) is 27.4 Å². The maximum Gasteiger partial charge on any atom is 0.289 e. The summed E-state index contributed by atoms with van der Waals surface area (Å²) in [6, 6.07) is 2.99. The van der Waals surface area contributed by atoms with E-state index in [1.807, 2.05) is 19.9 Å². The Morgan fingerprint density at radius 1 is 1.57 bits per heavy atom. The van der Waals surface area contributed by atoms with Crippen molar-refractivity contribution in [2.45, 2.75) is 20.3 Å². The fraction of sp³-hybridized carbons (Fsp3) is 0.462. The Morgan fingerprint density at radius 2 is 2.29 bits per heavy atom. The molecule has 0 aromatic carbocycles. The van der Waals surface area contributed by atoms with E-state index < -0.39 is 4.92 Å². The van der Waals surface area contributed by atoms with Gasteiger partial charge in [-0.3, -0.25) is 14.9 Å². The van der Waals surface area contributed by atoms with E-state index in [1.54, 1.807) is 0 Å². The predicted octanol–water partition coefficient (Wildman–Crippen LogP) is 1.44. The second kappa shape index (κ2) is 7.79. The Kier molecular flexibility index (Phi) is 6.07. The molecule has 1 aromatic heterocycles. The average molecular weight is 291 g/mol. The van der Waals surface area contributed by atoms with Gasteiger partial charge in [-0.15, -0.1) is 0 Å². The van der Waals surface area contributed by atoms with Crippen LogP contribution in [0.1, 0.15) is 25.8 Å². The number of nitriles is 1. The second-order valence-electron chi connectivity index (χ2n) is 4.83. The van der Waals surface area contributed by atoms with E-state index in [9.17, 15) is 14.9 Å². The first kappa shape index (κ1) is 16.4. The van der Waals surface area contributed by atoms with Gasteiger partial charge in [0, 0.05) is 25.6 Å². The van der Waals surface area contributed by atoms with Gasteiger partial charge in [-0.2, -0.15) is 5.26 Å². The Morgan fingerprint density at radius 3 is 2.86 bits per heavy atom. The molecule has 0 atom stereocenters. The van der Waals surface area contributed by atoms with E-state index in [4.69, 9.17) is 5.26 Å². The van der Waals surface area contributed by atoms with Crippen molar-refractivity contribution in [2.75, 3.05) is 18.4 Å². The highest BCUT2D eigenvalue weighted by Gasteiger charge is 2.12.